The zero-order valence-corrected chi connectivity index (χ0v) is 69.5. The minimum absolute atomic E-state index is 0.0178. The van der Waals surface area contributed by atoms with Gasteiger partial charge < -0.3 is 76.1 Å². The summed E-state index contributed by atoms with van der Waals surface area (Å²) in [5.41, 5.74) is 29.6. The van der Waals surface area contributed by atoms with Gasteiger partial charge in [0.25, 0.3) is 0 Å². The van der Waals surface area contributed by atoms with E-state index in [1.54, 1.807) is 102 Å². The molecule has 14 atom stereocenters. The molecule has 1 aliphatic heterocycles. The van der Waals surface area contributed by atoms with Crippen LogP contribution >= 0.6 is 11.8 Å². The molecule has 0 unspecified atom stereocenters. The lowest BCUT2D eigenvalue weighted by Gasteiger charge is -2.30. The monoisotopic (exact) mass is 1630 g/mol. The van der Waals surface area contributed by atoms with Crippen molar-refractivity contribution in [2.45, 2.75) is 227 Å². The van der Waals surface area contributed by atoms with Crippen molar-refractivity contribution >= 4 is 112 Å². The lowest BCUT2D eigenvalue weighted by molar-refractivity contribution is -0.142. The number of thioether (sulfide) groups is 1. The Labute approximate surface area is 684 Å². The van der Waals surface area contributed by atoms with E-state index >= 15 is 14.4 Å². The molecule has 1 heterocycles. The second-order valence-electron chi connectivity index (χ2n) is 31.6. The number of aliphatic carboxylic acids is 1. The third-order valence-electron chi connectivity index (χ3n) is 21.1. The number of aliphatic imine (C=N–C) groups is 2. The van der Waals surface area contributed by atoms with Crippen LogP contribution in [0.5, 0.6) is 5.75 Å². The predicted molar refractivity (Wildman–Crippen MR) is 442 cm³/mol. The van der Waals surface area contributed by atoms with Gasteiger partial charge in [-0.3, -0.25) is 81.9 Å². The van der Waals surface area contributed by atoms with Crippen LogP contribution in [0.4, 0.5) is 0 Å². The summed E-state index contributed by atoms with van der Waals surface area (Å²) < 4.78 is 0. The number of carbonyl (C=O) groups excluding carboxylic acids is 14. The molecule has 0 aliphatic carbocycles. The molecule has 3 aromatic rings. The van der Waals surface area contributed by atoms with Gasteiger partial charge in [-0.1, -0.05) is 155 Å². The number of Topliss-reactive ketones (excluding diaryl/α,β-unsaturated/α-hetero) is 6. The maximum Gasteiger partial charge on any atom is 0.305 e. The molecule has 1 aliphatic rings. The summed E-state index contributed by atoms with van der Waals surface area (Å²) in [5, 5.41) is 39.7. The summed E-state index contributed by atoms with van der Waals surface area (Å²) in [7, 11) is 0. The molecule has 31 nitrogen and oxygen atoms in total. The summed E-state index contributed by atoms with van der Waals surface area (Å²) >= 11 is 0.889. The number of rotatable bonds is 28. The highest BCUT2D eigenvalue weighted by Gasteiger charge is 2.41. The van der Waals surface area contributed by atoms with Crippen LogP contribution in [-0.2, 0) is 91.2 Å². The molecule has 0 aromatic heterocycles. The van der Waals surface area contributed by atoms with Gasteiger partial charge in [0.2, 0.25) is 47.3 Å². The van der Waals surface area contributed by atoms with Gasteiger partial charge in [0.1, 0.15) is 35.4 Å². The number of ketones is 6. The van der Waals surface area contributed by atoms with Crippen LogP contribution in [0.3, 0.4) is 0 Å². The van der Waals surface area contributed by atoms with E-state index in [4.69, 9.17) is 28.7 Å². The number of amides is 8. The molecule has 3 aromatic carbocycles. The van der Waals surface area contributed by atoms with Gasteiger partial charge >= 0.3 is 5.97 Å². The average Bonchev–Trinajstić information content (AvgIpc) is 0.834. The highest BCUT2D eigenvalue weighted by molar-refractivity contribution is 8.00. The third kappa shape index (κ3) is 35.0. The average molecular weight is 1630 g/mol. The topological polar surface area (TPSA) is 536 Å². The van der Waals surface area contributed by atoms with E-state index in [2.05, 4.69) is 47.2 Å². The van der Waals surface area contributed by atoms with Gasteiger partial charge in [0.05, 0.1) is 36.3 Å². The molecule has 1 saturated heterocycles. The molecule has 0 radical (unpaired) electrons. The number of hydrogen-bond donors (Lipinski definition) is 14. The zero-order valence-electron chi connectivity index (χ0n) is 68.7. The molecule has 4 rings (SSSR count). The van der Waals surface area contributed by atoms with E-state index in [-0.39, 0.29) is 107 Å². The van der Waals surface area contributed by atoms with Gasteiger partial charge in [-0.05, 0) is 96.9 Å². The van der Waals surface area contributed by atoms with Crippen molar-refractivity contribution < 1.29 is 82.1 Å². The first-order valence-electron chi connectivity index (χ1n) is 40.1. The standard InChI is InChI=1S/C84H124N14O17S/c1-11-50(9)60-43-69(102)58(48(5)6)41-72(105)76(51(10)12-2)98-78(111)56(35-47(3)4)40-70(103)62(36-52-21-15-13-16-22-52)92-74(107)46-116-45-66(67(100)31-32-73(85)106)97-81(114)64(38-54-27-29-57(99)30-28-54)96-80(113)63(37-53-23-17-14-18-24-53)95-79(112)59(49(7)8)42-71(104)61(26-20-34-91-84(88)89)93-82(115)65(44-75(108)109)94-77(110)55(39-68(60)101)25-19-33-90-83(86)87/h13-18,21-24,27-30,47-51,55-56,58-66,76,99H,11-12,19-20,25-26,31-46H2,1-10H3,(H2,85,106)(H,92,107)(H,93,115)(H,94,110)(H,95,112)(H,96,113)(H,97,114)(H,98,111)(H,108,109)(H4,86,87,90)(H4,88,89,91)/t50-,51-,55+,56+,58-,59-,60-,61-,62-,63-,64-,65-,66-,76-/m0/s1. The SMILES string of the molecule is CC[C@H](C)[C@@H]1CC(=O)[C@H](C(C)C)CC(=O)[C@H]([C@@H](C)CC)NC(=O)[C@H](CC(C)C)CC(=O)[C@H](Cc2ccccc2)NC(=O)CSC[C@@H](C(=O)CCC(N)=O)NC(=O)[C@H](Cc2ccc(O)cc2)NC(=O)[C@H](Cc2ccccc2)NC(=O)[C@H](C(C)C)CC(=O)[C@H](CCCN=C(N)N)NC(=O)[C@H](CC(=O)O)NC(=O)[C@H](CCCN=C(N)N)CC1=O. The molecule has 0 bridgehead atoms. The first-order valence-corrected chi connectivity index (χ1v) is 41.3. The van der Waals surface area contributed by atoms with E-state index in [0.717, 1.165) is 11.8 Å². The second kappa shape index (κ2) is 50.2. The molecule has 8 amide bonds. The van der Waals surface area contributed by atoms with E-state index in [1.807, 2.05) is 27.7 Å². The quantitative estimate of drug-likeness (QED) is 0.0274. The highest BCUT2D eigenvalue weighted by Crippen LogP contribution is 2.31. The normalized spacial score (nSPS) is 23.8. The zero-order chi connectivity index (χ0) is 86.5. The van der Waals surface area contributed by atoms with Crippen molar-refractivity contribution in [2.24, 2.45) is 97.8 Å². The summed E-state index contributed by atoms with van der Waals surface area (Å²) in [4.78, 5) is 226. The number of carbonyl (C=O) groups is 15. The predicted octanol–water partition coefficient (Wildman–Crippen LogP) is 4.30. The Bertz CT molecular complexity index is 3870. The van der Waals surface area contributed by atoms with Crippen LogP contribution in [0.1, 0.15) is 182 Å². The van der Waals surface area contributed by atoms with Gasteiger partial charge in [0, 0.05) is 106 Å². The third-order valence-corrected chi connectivity index (χ3v) is 22.1. The fraction of sp³-hybridized carbons (Fsp3) is 0.583. The molecule has 116 heavy (non-hydrogen) atoms. The van der Waals surface area contributed by atoms with Gasteiger partial charge in [-0.2, -0.15) is 0 Å². The van der Waals surface area contributed by atoms with Gasteiger partial charge in [-0.25, -0.2) is 0 Å². The van der Waals surface area contributed by atoms with Crippen LogP contribution in [-0.4, -0.2) is 177 Å². The Balaban J connectivity index is 1.97. The lowest BCUT2D eigenvalue weighted by atomic mass is 9.75. The van der Waals surface area contributed by atoms with Crippen molar-refractivity contribution in [1.82, 2.24) is 37.2 Å². The van der Waals surface area contributed by atoms with E-state index in [0.29, 0.717) is 29.5 Å². The Morgan fingerprint density at radius 1 is 0.466 bits per heavy atom. The van der Waals surface area contributed by atoms with Crippen molar-refractivity contribution in [3.63, 3.8) is 0 Å². The number of carboxylic acids is 1. The minimum atomic E-state index is -1.91. The van der Waals surface area contributed by atoms with Crippen LogP contribution in [0.25, 0.3) is 0 Å². The fourth-order valence-electron chi connectivity index (χ4n) is 13.8. The summed E-state index contributed by atoms with van der Waals surface area (Å²) in [6, 6.07) is 12.5. The number of phenolic OH excluding ortho intramolecular Hbond substituents is 1. The first kappa shape index (κ1) is 98.0. The maximum atomic E-state index is 15.1. The van der Waals surface area contributed by atoms with Gasteiger partial charge in [-0.15, -0.1) is 11.8 Å². The maximum absolute atomic E-state index is 15.1. The minimum Gasteiger partial charge on any atom is -0.508 e. The number of nitrogens with one attached hydrogen (secondary N) is 7. The van der Waals surface area contributed by atoms with Crippen LogP contribution in [0.15, 0.2) is 94.9 Å². The summed E-state index contributed by atoms with van der Waals surface area (Å²) in [6.45, 7) is 17.6. The number of guanidine groups is 2. The number of nitrogens with two attached hydrogens (primary N) is 5. The molecular weight excluding hydrogens is 1510 g/mol. The van der Waals surface area contributed by atoms with Crippen molar-refractivity contribution in [2.75, 3.05) is 24.6 Å². The second-order valence-corrected chi connectivity index (χ2v) is 32.6. The number of aromatic hydroxyl groups is 1. The molecule has 0 saturated carbocycles. The molecule has 638 valence electrons. The number of hydrogen-bond acceptors (Lipinski definition) is 19. The largest absolute Gasteiger partial charge is 0.508 e. The Morgan fingerprint density at radius 2 is 0.922 bits per heavy atom. The fourth-order valence-corrected chi connectivity index (χ4v) is 14.7. The Morgan fingerprint density at radius 3 is 1.45 bits per heavy atom. The highest BCUT2D eigenvalue weighted by atomic mass is 32.2. The number of phenols is 1. The molecule has 1 fully saturated rings. The summed E-state index contributed by atoms with van der Waals surface area (Å²) in [5.74, 6) is -21.2. The van der Waals surface area contributed by atoms with Crippen molar-refractivity contribution in [3.05, 3.63) is 102 Å². The van der Waals surface area contributed by atoms with Crippen LogP contribution in [0.2, 0.25) is 0 Å². The molecule has 0 spiro atoms. The summed E-state index contributed by atoms with van der Waals surface area (Å²) in [6.07, 6.45) is -3.92. The number of nitrogens with zero attached hydrogens (tertiary/aromatic N) is 2. The lowest BCUT2D eigenvalue weighted by Crippen LogP contribution is -2.58. The van der Waals surface area contributed by atoms with Crippen molar-refractivity contribution in [3.8, 4) is 5.75 Å². The van der Waals surface area contributed by atoms with Crippen LogP contribution < -0.4 is 65.9 Å². The smallest absolute Gasteiger partial charge is 0.305 e. The van der Waals surface area contributed by atoms with Crippen LogP contribution in [0, 0.1) is 59.2 Å². The Kier molecular flexibility index (Phi) is 42.4. The van der Waals surface area contributed by atoms with E-state index < -0.39 is 228 Å². The molecule has 19 N–H and O–H groups in total. The van der Waals surface area contributed by atoms with Crippen molar-refractivity contribution in [1.29, 1.82) is 0 Å². The number of carboxylic acid groups (broad SMARTS) is 1. The molecular formula is C84H124N14O17S. The number of primary amides is 1. The number of benzene rings is 3. The van der Waals surface area contributed by atoms with E-state index in [9.17, 15) is 67.7 Å². The van der Waals surface area contributed by atoms with Gasteiger partial charge in [0.15, 0.2) is 35.1 Å². The van der Waals surface area contributed by atoms with E-state index in [1.165, 1.54) is 24.3 Å². The Hall–Kier alpha value is -10.4. The molecule has 32 heteroatoms. The first-order chi connectivity index (χ1) is 54.8.